The highest BCUT2D eigenvalue weighted by molar-refractivity contribution is 5.98. The van der Waals surface area contributed by atoms with E-state index in [1.54, 1.807) is 0 Å². The fraction of sp³-hybridized carbons (Fsp3) is 0.214. The average Bonchev–Trinajstić information content (AvgIpc) is 2.36. The minimum Gasteiger partial charge on any atom is -0.245 e. The summed E-state index contributed by atoms with van der Waals surface area (Å²) < 4.78 is 0. The van der Waals surface area contributed by atoms with Crippen LogP contribution >= 0.6 is 0 Å². The molecule has 0 aliphatic heterocycles. The van der Waals surface area contributed by atoms with E-state index >= 15 is 0 Å². The van der Waals surface area contributed by atoms with Crippen molar-refractivity contribution in [2.75, 3.05) is 5.43 Å². The second-order valence-corrected chi connectivity index (χ2v) is 4.15. The Hall–Kier alpha value is -2.23. The van der Waals surface area contributed by atoms with E-state index < -0.39 is 0 Å². The first kappa shape index (κ1) is 12.2. The predicted octanol–water partition coefficient (Wildman–Crippen LogP) is 2.93. The van der Waals surface area contributed by atoms with E-state index in [1.807, 2.05) is 57.2 Å². The van der Waals surface area contributed by atoms with Crippen molar-refractivity contribution in [1.29, 1.82) is 0 Å². The van der Waals surface area contributed by atoms with Crippen molar-refractivity contribution in [3.05, 3.63) is 53.3 Å². The first-order valence-electron chi connectivity index (χ1n) is 5.83. The molecule has 0 radical (unpaired) electrons. The van der Waals surface area contributed by atoms with Crippen LogP contribution in [0.5, 0.6) is 0 Å². The van der Waals surface area contributed by atoms with Crippen LogP contribution in [0.3, 0.4) is 0 Å². The Morgan fingerprint density at radius 2 is 1.67 bits per heavy atom. The molecule has 1 aromatic heterocycles. The van der Waals surface area contributed by atoms with Crippen LogP contribution in [0.1, 0.15) is 23.9 Å². The fourth-order valence-corrected chi connectivity index (χ4v) is 1.65. The van der Waals surface area contributed by atoms with Gasteiger partial charge in [0, 0.05) is 11.4 Å². The normalized spacial score (nSPS) is 11.4. The molecule has 2 aromatic rings. The van der Waals surface area contributed by atoms with Crippen LogP contribution in [-0.4, -0.2) is 15.7 Å². The van der Waals surface area contributed by atoms with E-state index in [9.17, 15) is 0 Å². The molecule has 0 saturated heterocycles. The highest BCUT2D eigenvalue weighted by Gasteiger charge is 1.99. The molecule has 92 valence electrons. The van der Waals surface area contributed by atoms with Gasteiger partial charge >= 0.3 is 0 Å². The monoisotopic (exact) mass is 240 g/mol. The van der Waals surface area contributed by atoms with Crippen LogP contribution < -0.4 is 5.43 Å². The number of hydrazone groups is 1. The zero-order chi connectivity index (χ0) is 13.0. The number of benzene rings is 1. The lowest BCUT2D eigenvalue weighted by Crippen LogP contribution is -2.03. The zero-order valence-electron chi connectivity index (χ0n) is 10.8. The summed E-state index contributed by atoms with van der Waals surface area (Å²) in [5.74, 6) is 0.530. The van der Waals surface area contributed by atoms with Crippen LogP contribution in [0, 0.1) is 13.8 Å². The largest absolute Gasteiger partial charge is 0.245 e. The van der Waals surface area contributed by atoms with Gasteiger partial charge in [0.15, 0.2) is 0 Å². The molecule has 2 rings (SSSR count). The number of aryl methyl sites for hydroxylation is 2. The fourth-order valence-electron chi connectivity index (χ4n) is 1.65. The van der Waals surface area contributed by atoms with Crippen LogP contribution in [0.2, 0.25) is 0 Å². The molecule has 4 nitrogen and oxygen atoms in total. The molecule has 1 aromatic carbocycles. The molecule has 0 amide bonds. The minimum absolute atomic E-state index is 0.530. The summed E-state index contributed by atoms with van der Waals surface area (Å²) in [5.41, 5.74) is 6.73. The molecule has 1 heterocycles. The maximum absolute atomic E-state index is 4.29. The molecule has 0 aliphatic rings. The maximum Gasteiger partial charge on any atom is 0.243 e. The van der Waals surface area contributed by atoms with Crippen molar-refractivity contribution in [2.24, 2.45) is 5.10 Å². The van der Waals surface area contributed by atoms with Gasteiger partial charge in [0.05, 0.1) is 5.71 Å². The van der Waals surface area contributed by atoms with Gasteiger partial charge in [-0.15, -0.1) is 0 Å². The Labute approximate surface area is 107 Å². The third kappa shape index (κ3) is 3.13. The van der Waals surface area contributed by atoms with Gasteiger partial charge < -0.3 is 0 Å². The number of rotatable bonds is 3. The first-order valence-corrected chi connectivity index (χ1v) is 5.83. The van der Waals surface area contributed by atoms with Crippen molar-refractivity contribution in [2.45, 2.75) is 20.8 Å². The van der Waals surface area contributed by atoms with Crippen molar-refractivity contribution in [3.63, 3.8) is 0 Å². The second-order valence-electron chi connectivity index (χ2n) is 4.15. The molecule has 0 spiro atoms. The molecule has 18 heavy (non-hydrogen) atoms. The average molecular weight is 240 g/mol. The standard InChI is InChI=1S/C14H16N4/c1-10-9-11(2)16-14(15-10)18-17-12(3)13-7-5-4-6-8-13/h4-9H,1-3H3,(H,15,16,18)/b17-12-. The van der Waals surface area contributed by atoms with E-state index in [0.29, 0.717) is 5.95 Å². The minimum atomic E-state index is 0.530. The SMILES string of the molecule is C/C(=N/Nc1nc(C)cc(C)n1)c1ccccc1. The number of hydrogen-bond acceptors (Lipinski definition) is 4. The van der Waals surface area contributed by atoms with Gasteiger partial charge in [-0.3, -0.25) is 0 Å². The van der Waals surface area contributed by atoms with Crippen molar-refractivity contribution in [1.82, 2.24) is 9.97 Å². The van der Waals surface area contributed by atoms with Crippen LogP contribution in [-0.2, 0) is 0 Å². The lowest BCUT2D eigenvalue weighted by atomic mass is 10.1. The molecule has 0 unspecified atom stereocenters. The maximum atomic E-state index is 4.29. The van der Waals surface area contributed by atoms with Crippen LogP contribution in [0.15, 0.2) is 41.5 Å². The third-order valence-electron chi connectivity index (χ3n) is 2.50. The van der Waals surface area contributed by atoms with Gasteiger partial charge in [0.25, 0.3) is 0 Å². The molecule has 0 aliphatic carbocycles. The molecular weight excluding hydrogens is 224 g/mol. The topological polar surface area (TPSA) is 50.2 Å². The van der Waals surface area contributed by atoms with Crippen LogP contribution in [0.25, 0.3) is 0 Å². The summed E-state index contributed by atoms with van der Waals surface area (Å²) in [7, 11) is 0. The second kappa shape index (κ2) is 5.40. The van der Waals surface area contributed by atoms with E-state index in [1.165, 1.54) is 0 Å². The van der Waals surface area contributed by atoms with E-state index in [2.05, 4.69) is 20.5 Å². The zero-order valence-corrected chi connectivity index (χ0v) is 10.8. The lowest BCUT2D eigenvalue weighted by Gasteiger charge is -2.04. The van der Waals surface area contributed by atoms with Gasteiger partial charge in [-0.25, -0.2) is 15.4 Å². The Bertz CT molecular complexity index is 541. The Kier molecular flexibility index (Phi) is 3.67. The van der Waals surface area contributed by atoms with Gasteiger partial charge in [-0.1, -0.05) is 30.3 Å². The number of nitrogens with one attached hydrogen (secondary N) is 1. The predicted molar refractivity (Wildman–Crippen MR) is 73.8 cm³/mol. The number of aromatic nitrogens is 2. The Morgan fingerprint density at radius 1 is 1.06 bits per heavy atom. The number of hydrogen-bond donors (Lipinski definition) is 1. The van der Waals surface area contributed by atoms with Gasteiger partial charge in [0.1, 0.15) is 0 Å². The number of anilines is 1. The number of nitrogens with zero attached hydrogens (tertiary/aromatic N) is 3. The van der Waals surface area contributed by atoms with Crippen molar-refractivity contribution in [3.8, 4) is 0 Å². The summed E-state index contributed by atoms with van der Waals surface area (Å²) in [4.78, 5) is 8.54. The molecular formula is C14H16N4. The smallest absolute Gasteiger partial charge is 0.243 e. The van der Waals surface area contributed by atoms with Gasteiger partial charge in [-0.2, -0.15) is 5.10 Å². The molecule has 1 N–H and O–H groups in total. The van der Waals surface area contributed by atoms with Crippen LogP contribution in [0.4, 0.5) is 5.95 Å². The molecule has 4 heteroatoms. The highest BCUT2D eigenvalue weighted by Crippen LogP contribution is 2.05. The Balaban J connectivity index is 2.15. The quantitative estimate of drug-likeness (QED) is 0.663. The van der Waals surface area contributed by atoms with E-state index in [0.717, 1.165) is 22.7 Å². The molecule has 0 atom stereocenters. The molecule has 0 bridgehead atoms. The summed E-state index contributed by atoms with van der Waals surface area (Å²) >= 11 is 0. The van der Waals surface area contributed by atoms with Gasteiger partial charge in [0.2, 0.25) is 5.95 Å². The van der Waals surface area contributed by atoms with E-state index in [4.69, 9.17) is 0 Å². The van der Waals surface area contributed by atoms with E-state index in [-0.39, 0.29) is 0 Å². The van der Waals surface area contributed by atoms with Crippen molar-refractivity contribution < 1.29 is 0 Å². The summed E-state index contributed by atoms with van der Waals surface area (Å²) in [6, 6.07) is 11.9. The highest BCUT2D eigenvalue weighted by atomic mass is 15.4. The third-order valence-corrected chi connectivity index (χ3v) is 2.50. The first-order chi connectivity index (χ1) is 8.65. The van der Waals surface area contributed by atoms with Gasteiger partial charge in [-0.05, 0) is 32.4 Å². The molecule has 0 saturated carbocycles. The summed E-state index contributed by atoms with van der Waals surface area (Å²) in [6.07, 6.45) is 0. The Morgan fingerprint density at radius 3 is 2.28 bits per heavy atom. The lowest BCUT2D eigenvalue weighted by molar-refractivity contribution is 1.03. The summed E-state index contributed by atoms with van der Waals surface area (Å²) in [5, 5.41) is 4.29. The molecule has 0 fully saturated rings. The summed E-state index contributed by atoms with van der Waals surface area (Å²) in [6.45, 7) is 5.83. The van der Waals surface area contributed by atoms with Crippen molar-refractivity contribution >= 4 is 11.7 Å².